The lowest BCUT2D eigenvalue weighted by Gasteiger charge is -2.47. The van der Waals surface area contributed by atoms with Crippen molar-refractivity contribution in [2.75, 3.05) is 34.4 Å². The molecule has 0 aromatic heterocycles. The van der Waals surface area contributed by atoms with Crippen LogP contribution in [-0.4, -0.2) is 40.4 Å². The zero-order chi connectivity index (χ0) is 21.6. The first-order chi connectivity index (χ1) is 14.5. The van der Waals surface area contributed by atoms with Gasteiger partial charge in [-0.25, -0.2) is 0 Å². The van der Waals surface area contributed by atoms with Gasteiger partial charge in [-0.2, -0.15) is 0 Å². The molecule has 4 heteroatoms. The number of ether oxygens (including phenoxy) is 2. The summed E-state index contributed by atoms with van der Waals surface area (Å²) in [6, 6.07) is 18.0. The van der Waals surface area contributed by atoms with Crippen LogP contribution in [0, 0.1) is 11.3 Å². The maximum atomic E-state index is 5.46. The summed E-state index contributed by atoms with van der Waals surface area (Å²) in [7, 11) is 5.74. The first-order valence-corrected chi connectivity index (χ1v) is 11.4. The molecule has 1 fully saturated rings. The average molecular weight is 413 g/mol. The minimum atomic E-state index is 0.383. The van der Waals surface area contributed by atoms with E-state index in [1.54, 1.807) is 19.1 Å². The minimum Gasteiger partial charge on any atom is -0.493 e. The lowest BCUT2D eigenvalue weighted by atomic mass is 9.63. The number of quaternary nitrogens is 2. The van der Waals surface area contributed by atoms with Crippen LogP contribution in [0.1, 0.15) is 37.8 Å². The van der Waals surface area contributed by atoms with Crippen LogP contribution < -0.4 is 19.7 Å². The number of likely N-dealkylation sites (tertiary alicyclic amines) is 1. The Morgan fingerprint density at radius 1 is 1.00 bits per heavy atom. The standard InChI is InChI=1S/C26H38N2O2/c1-20-19-28(3)21(2)16-26(20,17-22-9-7-6-8-10-22)13-14-27-18-23-11-12-24(29-4)25(15-23)30-5/h6-12,15,20-21,27H,13-14,16-19H2,1-5H3/p+2. The molecule has 3 N–H and O–H groups in total. The Hall–Kier alpha value is -2.04. The second-order valence-corrected chi connectivity index (χ2v) is 9.30. The van der Waals surface area contributed by atoms with Crippen molar-refractivity contribution in [3.8, 4) is 11.5 Å². The summed E-state index contributed by atoms with van der Waals surface area (Å²) in [5.41, 5.74) is 3.14. The van der Waals surface area contributed by atoms with Gasteiger partial charge in [0.15, 0.2) is 11.5 Å². The van der Waals surface area contributed by atoms with E-state index in [4.69, 9.17) is 9.47 Å². The van der Waals surface area contributed by atoms with E-state index in [-0.39, 0.29) is 0 Å². The van der Waals surface area contributed by atoms with Gasteiger partial charge in [0.25, 0.3) is 0 Å². The third kappa shape index (κ3) is 5.35. The number of benzene rings is 2. The Labute approximate surface area is 182 Å². The highest BCUT2D eigenvalue weighted by Gasteiger charge is 2.44. The van der Waals surface area contributed by atoms with Gasteiger partial charge < -0.3 is 19.7 Å². The normalized spacial score (nSPS) is 26.4. The summed E-state index contributed by atoms with van der Waals surface area (Å²) in [6.07, 6.45) is 3.75. The van der Waals surface area contributed by atoms with E-state index < -0.39 is 0 Å². The Kier molecular flexibility index (Phi) is 7.79. The molecule has 1 aliphatic rings. The van der Waals surface area contributed by atoms with Crippen molar-refractivity contribution in [2.45, 2.75) is 45.7 Å². The summed E-state index contributed by atoms with van der Waals surface area (Å²) < 4.78 is 10.8. The molecule has 4 atom stereocenters. The van der Waals surface area contributed by atoms with Gasteiger partial charge in [0.05, 0.1) is 40.4 Å². The molecule has 0 amide bonds. The summed E-state index contributed by atoms with van der Waals surface area (Å²) in [5, 5.41) is 2.45. The molecule has 1 heterocycles. The molecule has 3 rings (SSSR count). The molecule has 2 aromatic rings. The fourth-order valence-electron chi connectivity index (χ4n) is 5.24. The largest absolute Gasteiger partial charge is 0.493 e. The second kappa shape index (κ2) is 10.3. The van der Waals surface area contributed by atoms with Crippen molar-refractivity contribution < 1.29 is 19.7 Å². The fraction of sp³-hybridized carbons (Fsp3) is 0.538. The highest BCUT2D eigenvalue weighted by molar-refractivity contribution is 5.42. The van der Waals surface area contributed by atoms with Crippen molar-refractivity contribution in [3.63, 3.8) is 0 Å². The maximum Gasteiger partial charge on any atom is 0.161 e. The highest BCUT2D eigenvalue weighted by atomic mass is 16.5. The third-order valence-electron chi connectivity index (χ3n) is 7.30. The topological polar surface area (TPSA) is 39.5 Å². The summed E-state index contributed by atoms with van der Waals surface area (Å²) in [5.74, 6) is 2.33. The van der Waals surface area contributed by atoms with E-state index in [2.05, 4.69) is 68.7 Å². The SMILES string of the molecule is COc1ccc(C[NH2+]CCC2(Cc3ccccc3)CC(C)[NH+](C)CC2C)cc1OC. The first kappa shape index (κ1) is 22.6. The number of rotatable bonds is 9. The van der Waals surface area contributed by atoms with Crippen molar-refractivity contribution in [3.05, 3.63) is 59.7 Å². The van der Waals surface area contributed by atoms with Gasteiger partial charge in [-0.05, 0) is 42.5 Å². The molecule has 30 heavy (non-hydrogen) atoms. The third-order valence-corrected chi connectivity index (χ3v) is 7.30. The summed E-state index contributed by atoms with van der Waals surface area (Å²) in [4.78, 5) is 1.68. The maximum absolute atomic E-state index is 5.46. The van der Waals surface area contributed by atoms with E-state index in [0.717, 1.165) is 36.5 Å². The Morgan fingerprint density at radius 2 is 1.73 bits per heavy atom. The van der Waals surface area contributed by atoms with E-state index in [1.165, 1.54) is 36.9 Å². The first-order valence-electron chi connectivity index (χ1n) is 11.4. The van der Waals surface area contributed by atoms with Crippen molar-refractivity contribution in [2.24, 2.45) is 11.3 Å². The molecule has 1 aliphatic heterocycles. The molecule has 2 aromatic carbocycles. The van der Waals surface area contributed by atoms with E-state index >= 15 is 0 Å². The van der Waals surface area contributed by atoms with E-state index in [0.29, 0.717) is 5.41 Å². The smallest absolute Gasteiger partial charge is 0.161 e. The van der Waals surface area contributed by atoms with Gasteiger partial charge in [-0.3, -0.25) is 0 Å². The van der Waals surface area contributed by atoms with Crippen LogP contribution in [-0.2, 0) is 13.0 Å². The molecule has 0 bridgehead atoms. The number of methoxy groups -OCH3 is 2. The Balaban J connectivity index is 1.65. The molecule has 4 unspecified atom stereocenters. The van der Waals surface area contributed by atoms with Crippen LogP contribution >= 0.6 is 0 Å². The van der Waals surface area contributed by atoms with Crippen LogP contribution in [0.3, 0.4) is 0 Å². The predicted octanol–water partition coefficient (Wildman–Crippen LogP) is 2.33. The van der Waals surface area contributed by atoms with E-state index in [1.807, 2.05) is 6.07 Å². The van der Waals surface area contributed by atoms with Crippen molar-refractivity contribution in [1.82, 2.24) is 0 Å². The summed E-state index contributed by atoms with van der Waals surface area (Å²) in [6.45, 7) is 8.29. The number of nitrogens with two attached hydrogens (primary N) is 1. The number of hydrogen-bond donors (Lipinski definition) is 2. The minimum absolute atomic E-state index is 0.383. The molecule has 0 radical (unpaired) electrons. The number of piperidine rings is 1. The monoisotopic (exact) mass is 412 g/mol. The zero-order valence-corrected chi connectivity index (χ0v) is 19.4. The second-order valence-electron chi connectivity index (χ2n) is 9.30. The van der Waals surface area contributed by atoms with Crippen LogP contribution in [0.15, 0.2) is 48.5 Å². The lowest BCUT2D eigenvalue weighted by molar-refractivity contribution is -0.916. The molecular formula is C26H40N2O2+2. The number of hydrogen-bond acceptors (Lipinski definition) is 2. The van der Waals surface area contributed by atoms with Gasteiger partial charge in [0.2, 0.25) is 0 Å². The predicted molar refractivity (Wildman–Crippen MR) is 122 cm³/mol. The molecule has 1 saturated heterocycles. The lowest BCUT2D eigenvalue weighted by Crippen LogP contribution is -3.15. The van der Waals surface area contributed by atoms with Gasteiger partial charge >= 0.3 is 0 Å². The van der Waals surface area contributed by atoms with Gasteiger partial charge in [-0.15, -0.1) is 0 Å². The molecule has 0 saturated carbocycles. The molecule has 0 aliphatic carbocycles. The average Bonchev–Trinajstić information content (AvgIpc) is 2.76. The van der Waals surface area contributed by atoms with Crippen LogP contribution in [0.5, 0.6) is 11.5 Å². The molecule has 164 valence electrons. The van der Waals surface area contributed by atoms with Gasteiger partial charge in [0, 0.05) is 24.3 Å². The number of nitrogens with one attached hydrogen (secondary N) is 1. The zero-order valence-electron chi connectivity index (χ0n) is 19.4. The van der Waals surface area contributed by atoms with Crippen molar-refractivity contribution >= 4 is 0 Å². The summed E-state index contributed by atoms with van der Waals surface area (Å²) >= 11 is 0. The van der Waals surface area contributed by atoms with Crippen LogP contribution in [0.2, 0.25) is 0 Å². The van der Waals surface area contributed by atoms with Crippen molar-refractivity contribution in [1.29, 1.82) is 0 Å². The van der Waals surface area contributed by atoms with Crippen LogP contribution in [0.25, 0.3) is 0 Å². The van der Waals surface area contributed by atoms with Gasteiger partial charge in [-0.1, -0.05) is 37.3 Å². The quantitative estimate of drug-likeness (QED) is 0.621. The van der Waals surface area contributed by atoms with Gasteiger partial charge in [0.1, 0.15) is 6.54 Å². The highest BCUT2D eigenvalue weighted by Crippen LogP contribution is 2.40. The molecule has 0 spiro atoms. The molecule has 4 nitrogen and oxygen atoms in total. The Bertz CT molecular complexity index is 795. The Morgan fingerprint density at radius 3 is 2.43 bits per heavy atom. The fourth-order valence-corrected chi connectivity index (χ4v) is 5.24. The van der Waals surface area contributed by atoms with E-state index in [9.17, 15) is 0 Å². The molecular weight excluding hydrogens is 372 g/mol. The van der Waals surface area contributed by atoms with Crippen LogP contribution in [0.4, 0.5) is 0 Å².